The lowest BCUT2D eigenvalue weighted by Crippen LogP contribution is -2.41. The molecule has 0 bridgehead atoms. The van der Waals surface area contributed by atoms with E-state index in [0.717, 1.165) is 23.6 Å². The molecule has 0 saturated heterocycles. The Balaban J connectivity index is 1.91. The van der Waals surface area contributed by atoms with Crippen molar-refractivity contribution >= 4 is 22.5 Å². The van der Waals surface area contributed by atoms with Crippen LogP contribution in [-0.2, 0) is 4.74 Å². The normalized spacial score (nSPS) is 14.0. The van der Waals surface area contributed by atoms with Gasteiger partial charge in [0, 0.05) is 37.7 Å². The lowest BCUT2D eigenvalue weighted by molar-refractivity contribution is 0.185. The van der Waals surface area contributed by atoms with Crippen LogP contribution in [0.1, 0.15) is 43.9 Å². The number of aryl methyl sites for hydroxylation is 1. The summed E-state index contributed by atoms with van der Waals surface area (Å²) in [5.41, 5.74) is 0.973. The summed E-state index contributed by atoms with van der Waals surface area (Å²) in [5.74, 6) is -1.02. The number of hydrogen-bond acceptors (Lipinski definition) is 4. The van der Waals surface area contributed by atoms with Gasteiger partial charge in [0.05, 0.1) is 23.4 Å². The predicted octanol–water partition coefficient (Wildman–Crippen LogP) is 5.52. The Morgan fingerprint density at radius 1 is 1.24 bits per heavy atom. The number of anilines is 1. The zero-order valence-corrected chi connectivity index (χ0v) is 21.8. The number of ether oxygens (including phenoxy) is 1. The number of methoxy groups -OCH3 is 1. The third kappa shape index (κ3) is 4.87. The van der Waals surface area contributed by atoms with Crippen LogP contribution >= 0.6 is 0 Å². The largest absolute Gasteiger partial charge is 0.378 e. The molecule has 0 aliphatic heterocycles. The van der Waals surface area contributed by atoms with Gasteiger partial charge in [0.1, 0.15) is 17.3 Å². The number of carbonyl (C=O) groups is 1. The summed E-state index contributed by atoms with van der Waals surface area (Å²) in [6.07, 6.45) is 2.03. The molecule has 1 fully saturated rings. The number of benzene rings is 2. The minimum atomic E-state index is -0.748. The fraction of sp³-hybridized carbons (Fsp3) is 0.393. The Bertz CT molecular complexity index is 1410. The van der Waals surface area contributed by atoms with Gasteiger partial charge in [-0.1, -0.05) is 25.6 Å². The highest BCUT2D eigenvalue weighted by atomic mass is 19.1. The van der Waals surface area contributed by atoms with Gasteiger partial charge in [0.15, 0.2) is 0 Å². The van der Waals surface area contributed by atoms with Gasteiger partial charge < -0.3 is 4.74 Å². The van der Waals surface area contributed by atoms with Crippen molar-refractivity contribution in [2.75, 3.05) is 32.2 Å². The number of halogens is 2. The average Bonchev–Trinajstić information content (AvgIpc) is 3.70. The van der Waals surface area contributed by atoms with E-state index in [4.69, 9.17) is 4.74 Å². The smallest absolute Gasteiger partial charge is 0.328 e. The molecule has 1 saturated carbocycles. The van der Waals surface area contributed by atoms with E-state index in [1.54, 1.807) is 26.0 Å². The first-order valence-corrected chi connectivity index (χ1v) is 12.3. The first kappa shape index (κ1) is 26.5. The molecule has 1 unspecified atom stereocenters. The van der Waals surface area contributed by atoms with Gasteiger partial charge in [-0.05, 0) is 56.4 Å². The van der Waals surface area contributed by atoms with Gasteiger partial charge in [0.2, 0.25) is 0 Å². The second-order valence-corrected chi connectivity index (χ2v) is 9.57. The highest BCUT2D eigenvalue weighted by Gasteiger charge is 2.33. The maximum atomic E-state index is 15.5. The molecular weight excluding hydrogens is 478 g/mol. The fourth-order valence-corrected chi connectivity index (χ4v) is 4.75. The van der Waals surface area contributed by atoms with E-state index in [-0.39, 0.29) is 29.3 Å². The Morgan fingerprint density at radius 2 is 1.95 bits per heavy atom. The molecule has 1 aliphatic rings. The SMILES string of the molecule is C=C(COC)N(CC)C(=O)N(C)c1cc2c(C(C)C3CC3)nn(-c3c(C)cccc3F)c(=O)c2cc1F. The van der Waals surface area contributed by atoms with Crippen LogP contribution in [0.2, 0.25) is 0 Å². The first-order chi connectivity index (χ1) is 17.6. The molecule has 4 rings (SSSR count). The Hall–Kier alpha value is -3.59. The number of amides is 2. The molecule has 7 nitrogen and oxygen atoms in total. The van der Waals surface area contributed by atoms with Crippen LogP contribution in [0, 0.1) is 24.5 Å². The molecule has 1 aromatic heterocycles. The van der Waals surface area contributed by atoms with Crippen molar-refractivity contribution < 1.29 is 18.3 Å². The van der Waals surface area contributed by atoms with E-state index in [1.165, 1.54) is 36.1 Å². The minimum Gasteiger partial charge on any atom is -0.378 e. The lowest BCUT2D eigenvalue weighted by atomic mass is 9.96. The van der Waals surface area contributed by atoms with Crippen molar-refractivity contribution in [2.45, 2.75) is 39.5 Å². The van der Waals surface area contributed by atoms with Crippen LogP contribution < -0.4 is 10.5 Å². The summed E-state index contributed by atoms with van der Waals surface area (Å²) in [7, 11) is 2.97. The molecule has 1 atom stereocenters. The third-order valence-electron chi connectivity index (χ3n) is 7.04. The quantitative estimate of drug-likeness (QED) is 0.400. The Morgan fingerprint density at radius 3 is 2.54 bits per heavy atom. The first-order valence-electron chi connectivity index (χ1n) is 12.3. The number of urea groups is 1. The maximum Gasteiger partial charge on any atom is 0.328 e. The minimum absolute atomic E-state index is 0.00596. The molecular formula is C28H32F2N4O3. The molecule has 0 N–H and O–H groups in total. The van der Waals surface area contributed by atoms with Crippen molar-refractivity contribution in [3.05, 3.63) is 75.9 Å². The van der Waals surface area contributed by atoms with E-state index in [9.17, 15) is 14.0 Å². The molecule has 37 heavy (non-hydrogen) atoms. The molecule has 0 spiro atoms. The van der Waals surface area contributed by atoms with Crippen LogP contribution in [0.15, 0.2) is 47.4 Å². The van der Waals surface area contributed by atoms with Crippen molar-refractivity contribution in [1.29, 1.82) is 0 Å². The second-order valence-electron chi connectivity index (χ2n) is 9.57. The van der Waals surface area contributed by atoms with Crippen molar-refractivity contribution in [3.8, 4) is 5.69 Å². The van der Waals surface area contributed by atoms with E-state index in [0.29, 0.717) is 34.8 Å². The van der Waals surface area contributed by atoms with E-state index >= 15 is 4.39 Å². The Labute approximate surface area is 214 Å². The predicted molar refractivity (Wildman–Crippen MR) is 140 cm³/mol. The summed E-state index contributed by atoms with van der Waals surface area (Å²) in [4.78, 5) is 29.4. The second kappa shape index (κ2) is 10.4. The number of hydrogen-bond donors (Lipinski definition) is 0. The summed E-state index contributed by atoms with van der Waals surface area (Å²) in [6, 6.07) is 6.66. The average molecular weight is 511 g/mol. The lowest BCUT2D eigenvalue weighted by Gasteiger charge is -2.29. The molecule has 2 amide bonds. The Kier molecular flexibility index (Phi) is 7.45. The molecule has 196 valence electrons. The van der Waals surface area contributed by atoms with E-state index in [1.807, 2.05) is 6.92 Å². The van der Waals surface area contributed by atoms with Crippen molar-refractivity contribution in [3.63, 3.8) is 0 Å². The molecule has 3 aromatic rings. The summed E-state index contributed by atoms with van der Waals surface area (Å²) in [6.45, 7) is 9.85. The molecule has 1 heterocycles. The van der Waals surface area contributed by atoms with Gasteiger partial charge in [0.25, 0.3) is 5.56 Å². The van der Waals surface area contributed by atoms with Crippen LogP contribution in [0.5, 0.6) is 0 Å². The van der Waals surface area contributed by atoms with Crippen LogP contribution in [-0.4, -0.2) is 48.0 Å². The zero-order valence-electron chi connectivity index (χ0n) is 21.8. The van der Waals surface area contributed by atoms with E-state index in [2.05, 4.69) is 11.7 Å². The number of carbonyl (C=O) groups excluding carboxylic acids is 1. The fourth-order valence-electron chi connectivity index (χ4n) is 4.75. The molecule has 2 aromatic carbocycles. The summed E-state index contributed by atoms with van der Waals surface area (Å²) in [5, 5.41) is 5.16. The number of nitrogens with zero attached hydrogens (tertiary/aromatic N) is 4. The van der Waals surface area contributed by atoms with Crippen molar-refractivity contribution in [1.82, 2.24) is 14.7 Å². The highest BCUT2D eigenvalue weighted by Crippen LogP contribution is 2.43. The van der Waals surface area contributed by atoms with Gasteiger partial charge in [-0.15, -0.1) is 0 Å². The monoisotopic (exact) mass is 510 g/mol. The summed E-state index contributed by atoms with van der Waals surface area (Å²) >= 11 is 0. The summed E-state index contributed by atoms with van der Waals surface area (Å²) < 4.78 is 36.5. The van der Waals surface area contributed by atoms with E-state index < -0.39 is 23.2 Å². The standard InChI is InChI=1S/C28H32F2N4O3/c1-7-33(17(3)15-37-6)28(36)32(5)24-14-20-21(13-23(24)30)27(35)34(26-16(2)9-8-10-22(26)29)31-25(20)18(4)19-11-12-19/h8-10,13-14,18-19H,3,7,11-12,15H2,1-2,4-6H3. The van der Waals surface area contributed by atoms with Gasteiger partial charge in [-0.2, -0.15) is 9.78 Å². The molecule has 1 aliphatic carbocycles. The third-order valence-corrected chi connectivity index (χ3v) is 7.04. The topological polar surface area (TPSA) is 67.7 Å². The van der Waals surface area contributed by atoms with Crippen molar-refractivity contribution in [2.24, 2.45) is 5.92 Å². The number of para-hydroxylation sites is 1. The molecule has 9 heteroatoms. The van der Waals surface area contributed by atoms with Crippen LogP contribution in [0.25, 0.3) is 16.5 Å². The number of likely N-dealkylation sites (N-methyl/N-ethyl adjacent to an activating group) is 1. The zero-order chi connectivity index (χ0) is 27.0. The van der Waals surface area contributed by atoms with Crippen LogP contribution in [0.4, 0.5) is 19.3 Å². The number of rotatable bonds is 8. The highest BCUT2D eigenvalue weighted by molar-refractivity contribution is 5.96. The van der Waals surface area contributed by atoms with Gasteiger partial charge in [-0.3, -0.25) is 14.6 Å². The van der Waals surface area contributed by atoms with Gasteiger partial charge in [-0.25, -0.2) is 13.6 Å². The number of fused-ring (bicyclic) bond motifs is 1. The van der Waals surface area contributed by atoms with Crippen LogP contribution in [0.3, 0.4) is 0 Å². The van der Waals surface area contributed by atoms with Gasteiger partial charge >= 0.3 is 6.03 Å². The number of aromatic nitrogens is 2. The molecule has 0 radical (unpaired) electrons. The maximum absolute atomic E-state index is 15.5.